The molecule has 114 valence electrons. The maximum atomic E-state index is 12.6. The van der Waals surface area contributed by atoms with Crippen molar-refractivity contribution < 1.29 is 9.59 Å². The zero-order valence-electron chi connectivity index (χ0n) is 12.4. The molecule has 1 aliphatic heterocycles. The second kappa shape index (κ2) is 6.89. The quantitative estimate of drug-likeness (QED) is 0.785. The summed E-state index contributed by atoms with van der Waals surface area (Å²) in [5.41, 5.74) is 1.38. The highest BCUT2D eigenvalue weighted by Gasteiger charge is 2.21. The van der Waals surface area contributed by atoms with Gasteiger partial charge in [0.1, 0.15) is 5.15 Å². The van der Waals surface area contributed by atoms with Crippen LogP contribution in [0.2, 0.25) is 5.15 Å². The van der Waals surface area contributed by atoms with Crippen LogP contribution in [-0.4, -0.2) is 52.8 Å². The second-order valence-electron chi connectivity index (χ2n) is 5.18. The molecule has 1 aliphatic rings. The fourth-order valence-electron chi connectivity index (χ4n) is 2.47. The Morgan fingerprint density at radius 2 is 1.86 bits per heavy atom. The molecule has 2 amide bonds. The molecule has 2 heterocycles. The van der Waals surface area contributed by atoms with E-state index in [4.69, 9.17) is 11.6 Å². The summed E-state index contributed by atoms with van der Waals surface area (Å²) in [4.78, 5) is 31.8. The highest BCUT2D eigenvalue weighted by Crippen LogP contribution is 2.15. The Labute approximate surface area is 129 Å². The Bertz CT molecular complexity index is 548. The molecule has 6 heteroatoms. The van der Waals surface area contributed by atoms with Gasteiger partial charge in [-0.25, -0.2) is 4.98 Å². The molecule has 0 atom stereocenters. The van der Waals surface area contributed by atoms with E-state index in [-0.39, 0.29) is 11.8 Å². The molecule has 1 aromatic heterocycles. The number of amides is 2. The third kappa shape index (κ3) is 3.94. The van der Waals surface area contributed by atoms with Crippen molar-refractivity contribution in [3.8, 4) is 0 Å². The van der Waals surface area contributed by atoms with Crippen molar-refractivity contribution in [3.05, 3.63) is 28.5 Å². The highest BCUT2D eigenvalue weighted by molar-refractivity contribution is 6.29. The van der Waals surface area contributed by atoms with Crippen LogP contribution >= 0.6 is 11.6 Å². The number of hydrogen-bond acceptors (Lipinski definition) is 3. The molecule has 0 saturated carbocycles. The van der Waals surface area contributed by atoms with E-state index in [1.165, 1.54) is 0 Å². The Balaban J connectivity index is 2.13. The van der Waals surface area contributed by atoms with Gasteiger partial charge in [0.2, 0.25) is 5.91 Å². The maximum Gasteiger partial charge on any atom is 0.254 e. The molecule has 1 saturated heterocycles. The smallest absolute Gasteiger partial charge is 0.254 e. The van der Waals surface area contributed by atoms with Gasteiger partial charge < -0.3 is 9.80 Å². The monoisotopic (exact) mass is 309 g/mol. The van der Waals surface area contributed by atoms with Crippen molar-refractivity contribution in [2.24, 2.45) is 0 Å². The Hall–Kier alpha value is -1.62. The third-order valence-electron chi connectivity index (χ3n) is 3.68. The number of nitrogens with zero attached hydrogens (tertiary/aromatic N) is 3. The van der Waals surface area contributed by atoms with Gasteiger partial charge in [-0.05, 0) is 25.0 Å². The summed E-state index contributed by atoms with van der Waals surface area (Å²) in [6, 6.07) is 3.40. The van der Waals surface area contributed by atoms with E-state index in [2.05, 4.69) is 4.98 Å². The lowest BCUT2D eigenvalue weighted by atomic mass is 10.1. The average molecular weight is 310 g/mol. The summed E-state index contributed by atoms with van der Waals surface area (Å²) < 4.78 is 0. The number of aryl methyl sites for hydroxylation is 1. The molecule has 0 radical (unpaired) electrons. The molecule has 0 aliphatic carbocycles. The van der Waals surface area contributed by atoms with Crippen LogP contribution in [0, 0.1) is 0 Å². The summed E-state index contributed by atoms with van der Waals surface area (Å²) in [7, 11) is 0. The minimum atomic E-state index is -0.0422. The van der Waals surface area contributed by atoms with Crippen molar-refractivity contribution in [2.75, 3.05) is 26.2 Å². The lowest BCUT2D eigenvalue weighted by Crippen LogP contribution is -2.36. The fraction of sp³-hybridized carbons (Fsp3) is 0.533. The van der Waals surface area contributed by atoms with E-state index >= 15 is 0 Å². The summed E-state index contributed by atoms with van der Waals surface area (Å²) in [5, 5.41) is 0.345. The Morgan fingerprint density at radius 1 is 1.19 bits per heavy atom. The Morgan fingerprint density at radius 3 is 2.52 bits per heavy atom. The van der Waals surface area contributed by atoms with Crippen molar-refractivity contribution in [2.45, 2.75) is 26.7 Å². The molecule has 0 unspecified atom stereocenters. The van der Waals surface area contributed by atoms with Gasteiger partial charge in [0, 0.05) is 44.4 Å². The normalized spacial score (nSPS) is 15.8. The van der Waals surface area contributed by atoms with Gasteiger partial charge in [-0.3, -0.25) is 9.59 Å². The predicted molar refractivity (Wildman–Crippen MR) is 81.4 cm³/mol. The molecule has 5 nitrogen and oxygen atoms in total. The first-order chi connectivity index (χ1) is 10.0. The number of aromatic nitrogens is 1. The summed E-state index contributed by atoms with van der Waals surface area (Å²) >= 11 is 5.97. The van der Waals surface area contributed by atoms with Gasteiger partial charge in [-0.1, -0.05) is 18.5 Å². The zero-order chi connectivity index (χ0) is 15.4. The molecular formula is C15H20ClN3O2. The number of hydrogen-bond donors (Lipinski definition) is 0. The molecule has 1 fully saturated rings. The van der Waals surface area contributed by atoms with Crippen molar-refractivity contribution in [3.63, 3.8) is 0 Å². The topological polar surface area (TPSA) is 53.5 Å². The number of carbonyl (C=O) groups excluding carboxylic acids is 2. The summed E-state index contributed by atoms with van der Waals surface area (Å²) in [6.45, 7) is 6.04. The first-order valence-electron chi connectivity index (χ1n) is 7.22. The predicted octanol–water partition coefficient (Wildman–Crippen LogP) is 1.99. The number of halogens is 1. The maximum absolute atomic E-state index is 12.6. The van der Waals surface area contributed by atoms with Crippen LogP contribution in [0.5, 0.6) is 0 Å². The van der Waals surface area contributed by atoms with Gasteiger partial charge in [0.25, 0.3) is 5.91 Å². The van der Waals surface area contributed by atoms with E-state index in [0.717, 1.165) is 18.5 Å². The van der Waals surface area contributed by atoms with E-state index in [1.807, 2.05) is 6.92 Å². The average Bonchev–Trinajstić information content (AvgIpc) is 2.71. The summed E-state index contributed by atoms with van der Waals surface area (Å²) in [5.74, 6) is 0.0175. The van der Waals surface area contributed by atoms with E-state index in [0.29, 0.717) is 36.9 Å². The van der Waals surface area contributed by atoms with Crippen LogP contribution in [0.1, 0.15) is 36.3 Å². The SMILES string of the molecule is CCc1cc(C(=O)N2CCCN(C(C)=O)CC2)cc(Cl)n1. The molecule has 0 bridgehead atoms. The van der Waals surface area contributed by atoms with Gasteiger partial charge >= 0.3 is 0 Å². The van der Waals surface area contributed by atoms with E-state index < -0.39 is 0 Å². The van der Waals surface area contributed by atoms with Gasteiger partial charge in [0.05, 0.1) is 0 Å². The molecular weight excluding hydrogens is 290 g/mol. The standard InChI is InChI=1S/C15H20ClN3O2/c1-3-13-9-12(10-14(16)17-13)15(21)19-6-4-5-18(7-8-19)11(2)20/h9-10H,3-8H2,1-2H3. The van der Waals surface area contributed by atoms with Gasteiger partial charge in [-0.15, -0.1) is 0 Å². The van der Waals surface area contributed by atoms with Crippen LogP contribution in [0.25, 0.3) is 0 Å². The largest absolute Gasteiger partial charge is 0.341 e. The van der Waals surface area contributed by atoms with Gasteiger partial charge in [-0.2, -0.15) is 0 Å². The molecule has 2 rings (SSSR count). The molecule has 0 spiro atoms. The van der Waals surface area contributed by atoms with Gasteiger partial charge in [0.15, 0.2) is 0 Å². The lowest BCUT2D eigenvalue weighted by Gasteiger charge is -2.21. The third-order valence-corrected chi connectivity index (χ3v) is 3.88. The molecule has 0 aromatic carbocycles. The zero-order valence-corrected chi connectivity index (χ0v) is 13.2. The van der Waals surface area contributed by atoms with Crippen molar-refractivity contribution >= 4 is 23.4 Å². The van der Waals surface area contributed by atoms with E-state index in [9.17, 15) is 9.59 Å². The molecule has 1 aromatic rings. The minimum Gasteiger partial charge on any atom is -0.341 e. The van der Waals surface area contributed by atoms with Crippen LogP contribution in [0.4, 0.5) is 0 Å². The summed E-state index contributed by atoms with van der Waals surface area (Å²) in [6.07, 6.45) is 1.53. The lowest BCUT2D eigenvalue weighted by molar-refractivity contribution is -0.128. The second-order valence-corrected chi connectivity index (χ2v) is 5.56. The first kappa shape index (κ1) is 15.8. The van der Waals surface area contributed by atoms with Crippen LogP contribution in [0.15, 0.2) is 12.1 Å². The van der Waals surface area contributed by atoms with E-state index in [1.54, 1.807) is 28.9 Å². The van der Waals surface area contributed by atoms with Crippen LogP contribution in [-0.2, 0) is 11.2 Å². The molecule has 0 N–H and O–H groups in total. The van der Waals surface area contributed by atoms with Crippen LogP contribution in [0.3, 0.4) is 0 Å². The number of pyridine rings is 1. The first-order valence-corrected chi connectivity index (χ1v) is 7.60. The number of carbonyl (C=O) groups is 2. The number of rotatable bonds is 2. The highest BCUT2D eigenvalue weighted by atomic mass is 35.5. The van der Waals surface area contributed by atoms with Crippen LogP contribution < -0.4 is 0 Å². The van der Waals surface area contributed by atoms with Crippen molar-refractivity contribution in [1.82, 2.24) is 14.8 Å². The Kier molecular flexibility index (Phi) is 5.17. The van der Waals surface area contributed by atoms with Crippen molar-refractivity contribution in [1.29, 1.82) is 0 Å². The fourth-order valence-corrected chi connectivity index (χ4v) is 2.70. The molecule has 21 heavy (non-hydrogen) atoms. The minimum absolute atomic E-state index is 0.0422.